The van der Waals surface area contributed by atoms with E-state index in [0.29, 0.717) is 22.9 Å². The molecule has 1 fully saturated rings. The first-order valence-corrected chi connectivity index (χ1v) is 11.2. The van der Waals surface area contributed by atoms with Crippen LogP contribution in [0.5, 0.6) is 0 Å². The number of aromatic nitrogens is 5. The monoisotopic (exact) mass is 459 g/mol. The molecule has 4 aromatic rings. The summed E-state index contributed by atoms with van der Waals surface area (Å²) >= 11 is 0. The van der Waals surface area contributed by atoms with Crippen LogP contribution in [-0.2, 0) is 0 Å². The number of halogens is 1. The molecule has 5 N–H and O–H groups in total. The average Bonchev–Trinajstić information content (AvgIpc) is 3.27. The smallest absolute Gasteiger partial charge is 0.178 e. The Balaban J connectivity index is 1.50. The van der Waals surface area contributed by atoms with Gasteiger partial charge in [-0.2, -0.15) is 0 Å². The van der Waals surface area contributed by atoms with Crippen molar-refractivity contribution >= 4 is 34.2 Å². The molecule has 1 saturated carbocycles. The fourth-order valence-corrected chi connectivity index (χ4v) is 4.10. The first-order valence-electron chi connectivity index (χ1n) is 11.2. The van der Waals surface area contributed by atoms with E-state index in [1.54, 1.807) is 29.2 Å². The van der Waals surface area contributed by atoms with Crippen molar-refractivity contribution in [3.8, 4) is 0 Å². The van der Waals surface area contributed by atoms with Gasteiger partial charge in [0.15, 0.2) is 11.5 Å². The van der Waals surface area contributed by atoms with E-state index in [9.17, 15) is 4.39 Å². The molecule has 0 aromatic carbocycles. The van der Waals surface area contributed by atoms with Gasteiger partial charge < -0.3 is 21.7 Å². The Bertz CT molecular complexity index is 1300. The molecule has 0 amide bonds. The van der Waals surface area contributed by atoms with Gasteiger partial charge in [0.05, 0.1) is 29.5 Å². The molecule has 0 spiro atoms. The normalized spacial score (nSPS) is 17.9. The molecule has 1 aliphatic carbocycles. The van der Waals surface area contributed by atoms with Crippen LogP contribution in [0.25, 0.3) is 11.3 Å². The van der Waals surface area contributed by atoms with Crippen LogP contribution < -0.4 is 21.7 Å². The minimum atomic E-state index is -0.469. The van der Waals surface area contributed by atoms with Crippen molar-refractivity contribution in [2.45, 2.75) is 37.8 Å². The van der Waals surface area contributed by atoms with Gasteiger partial charge in [-0.25, -0.2) is 13.9 Å². The molecule has 0 bridgehead atoms. The van der Waals surface area contributed by atoms with Gasteiger partial charge in [-0.1, -0.05) is 6.58 Å². The SMILES string of the molecule is C=C(Nc1ccncc1F)c1cnc2c(Nc3ccncc3)cc(N[C@H]3CC[C@H](N)CC3)nn12. The van der Waals surface area contributed by atoms with Gasteiger partial charge in [-0.15, -0.1) is 5.10 Å². The van der Waals surface area contributed by atoms with Crippen LogP contribution in [0, 0.1) is 5.82 Å². The first kappa shape index (κ1) is 21.8. The van der Waals surface area contributed by atoms with Gasteiger partial charge in [-0.3, -0.25) is 9.97 Å². The second-order valence-corrected chi connectivity index (χ2v) is 8.40. The predicted octanol–water partition coefficient (Wildman–Crippen LogP) is 4.17. The van der Waals surface area contributed by atoms with E-state index in [2.05, 4.69) is 37.5 Å². The second kappa shape index (κ2) is 9.44. The lowest BCUT2D eigenvalue weighted by atomic mass is 9.92. The number of anilines is 4. The molecule has 9 nitrogen and oxygen atoms in total. The van der Waals surface area contributed by atoms with Crippen LogP contribution in [0.1, 0.15) is 31.4 Å². The van der Waals surface area contributed by atoms with E-state index in [1.807, 2.05) is 18.2 Å². The standard InChI is InChI=1S/C24H26FN9/c1-15(30-20-8-11-28-13-19(20)25)22-14-29-24-21(31-18-6-9-27-10-7-18)12-23(33-34(22)24)32-17-4-2-16(26)3-5-17/h6-14,16-17H,1-5,26H2,(H,27,31)(H,28,30)(H,32,33)/t16-,17-. The summed E-state index contributed by atoms with van der Waals surface area (Å²) in [7, 11) is 0. The Morgan fingerprint density at radius 1 is 1.03 bits per heavy atom. The molecule has 4 heterocycles. The molecule has 10 heteroatoms. The highest BCUT2D eigenvalue weighted by atomic mass is 19.1. The highest BCUT2D eigenvalue weighted by Gasteiger charge is 2.20. The molecule has 0 saturated heterocycles. The van der Waals surface area contributed by atoms with E-state index in [1.165, 1.54) is 6.20 Å². The van der Waals surface area contributed by atoms with Gasteiger partial charge in [0.1, 0.15) is 11.5 Å². The van der Waals surface area contributed by atoms with Gasteiger partial charge in [0, 0.05) is 42.4 Å². The van der Waals surface area contributed by atoms with Gasteiger partial charge >= 0.3 is 0 Å². The molecular weight excluding hydrogens is 433 g/mol. The molecule has 0 atom stereocenters. The van der Waals surface area contributed by atoms with Crippen LogP contribution in [-0.4, -0.2) is 36.6 Å². The third-order valence-corrected chi connectivity index (χ3v) is 5.92. The van der Waals surface area contributed by atoms with Crippen LogP contribution in [0.3, 0.4) is 0 Å². The Hall–Kier alpha value is -4.05. The Morgan fingerprint density at radius 3 is 2.56 bits per heavy atom. The molecule has 174 valence electrons. The zero-order chi connectivity index (χ0) is 23.5. The van der Waals surface area contributed by atoms with Crippen LogP contribution in [0.4, 0.5) is 27.3 Å². The van der Waals surface area contributed by atoms with Crippen molar-refractivity contribution in [1.29, 1.82) is 0 Å². The number of fused-ring (bicyclic) bond motifs is 1. The van der Waals surface area contributed by atoms with Crippen LogP contribution in [0.2, 0.25) is 0 Å². The summed E-state index contributed by atoms with van der Waals surface area (Å²) in [5.41, 5.74) is 9.67. The quantitative estimate of drug-likeness (QED) is 0.325. The lowest BCUT2D eigenvalue weighted by Gasteiger charge is -2.27. The fraction of sp³-hybridized carbons (Fsp3) is 0.250. The van der Waals surface area contributed by atoms with Crippen LogP contribution in [0.15, 0.2) is 61.8 Å². The number of nitrogens with one attached hydrogen (secondary N) is 3. The molecule has 34 heavy (non-hydrogen) atoms. The third-order valence-electron chi connectivity index (χ3n) is 5.92. The van der Waals surface area contributed by atoms with Gasteiger partial charge in [-0.05, 0) is 43.9 Å². The molecule has 0 unspecified atom stereocenters. The van der Waals surface area contributed by atoms with Crippen molar-refractivity contribution in [2.75, 3.05) is 16.0 Å². The molecule has 4 aromatic heterocycles. The zero-order valence-corrected chi connectivity index (χ0v) is 18.6. The maximum Gasteiger partial charge on any atom is 0.178 e. The minimum Gasteiger partial charge on any atom is -0.366 e. The number of nitrogens with zero attached hydrogens (tertiary/aromatic N) is 5. The number of rotatable bonds is 7. The average molecular weight is 460 g/mol. The summed E-state index contributed by atoms with van der Waals surface area (Å²) in [5, 5.41) is 14.7. The summed E-state index contributed by atoms with van der Waals surface area (Å²) in [5.74, 6) is 0.231. The molecule has 0 radical (unpaired) electrons. The second-order valence-electron chi connectivity index (χ2n) is 8.40. The first-order chi connectivity index (χ1) is 16.6. The van der Waals surface area contributed by atoms with Crippen molar-refractivity contribution in [2.24, 2.45) is 5.73 Å². The van der Waals surface area contributed by atoms with Crippen LogP contribution >= 0.6 is 0 Å². The summed E-state index contributed by atoms with van der Waals surface area (Å²) in [6.07, 6.45) is 11.7. The molecular formula is C24H26FN9. The maximum absolute atomic E-state index is 14.1. The number of imidazole rings is 1. The van der Waals surface area contributed by atoms with Gasteiger partial charge in [0.25, 0.3) is 0 Å². The van der Waals surface area contributed by atoms with Crippen molar-refractivity contribution in [3.63, 3.8) is 0 Å². The number of pyridine rings is 2. The lowest BCUT2D eigenvalue weighted by molar-refractivity contribution is 0.410. The van der Waals surface area contributed by atoms with Gasteiger partial charge in [0.2, 0.25) is 0 Å². The maximum atomic E-state index is 14.1. The van der Waals surface area contributed by atoms with E-state index >= 15 is 0 Å². The third kappa shape index (κ3) is 4.67. The van der Waals surface area contributed by atoms with E-state index < -0.39 is 5.82 Å². The Kier molecular flexibility index (Phi) is 6.05. The summed E-state index contributed by atoms with van der Waals surface area (Å²) in [6.45, 7) is 4.09. The molecule has 5 rings (SSSR count). The zero-order valence-electron chi connectivity index (χ0n) is 18.6. The Labute approximate surface area is 196 Å². The number of hydrogen-bond acceptors (Lipinski definition) is 8. The lowest BCUT2D eigenvalue weighted by Crippen LogP contribution is -2.33. The largest absolute Gasteiger partial charge is 0.366 e. The highest BCUT2D eigenvalue weighted by Crippen LogP contribution is 2.28. The van der Waals surface area contributed by atoms with E-state index in [0.717, 1.165) is 43.3 Å². The fourth-order valence-electron chi connectivity index (χ4n) is 4.10. The number of nitrogens with two attached hydrogens (primary N) is 1. The van der Waals surface area contributed by atoms with E-state index in [-0.39, 0.29) is 17.8 Å². The van der Waals surface area contributed by atoms with Crippen molar-refractivity contribution in [1.82, 2.24) is 24.6 Å². The topological polar surface area (TPSA) is 118 Å². The number of hydrogen-bond donors (Lipinski definition) is 4. The summed E-state index contributed by atoms with van der Waals surface area (Å²) in [6, 6.07) is 7.80. The van der Waals surface area contributed by atoms with E-state index in [4.69, 9.17) is 10.8 Å². The summed E-state index contributed by atoms with van der Waals surface area (Å²) < 4.78 is 15.8. The minimum absolute atomic E-state index is 0.264. The molecule has 1 aliphatic rings. The van der Waals surface area contributed by atoms with Crippen molar-refractivity contribution < 1.29 is 4.39 Å². The molecule has 0 aliphatic heterocycles. The predicted molar refractivity (Wildman–Crippen MR) is 131 cm³/mol. The summed E-state index contributed by atoms with van der Waals surface area (Å²) in [4.78, 5) is 12.4. The highest BCUT2D eigenvalue weighted by molar-refractivity contribution is 5.80. The Morgan fingerprint density at radius 2 is 1.79 bits per heavy atom. The van der Waals surface area contributed by atoms with Crippen molar-refractivity contribution in [3.05, 3.63) is 73.3 Å².